The van der Waals surface area contributed by atoms with Crippen molar-refractivity contribution in [2.75, 3.05) is 6.54 Å². The maximum atomic E-state index is 12.1. The van der Waals surface area contributed by atoms with Crippen LogP contribution in [0.3, 0.4) is 0 Å². The van der Waals surface area contributed by atoms with Crippen molar-refractivity contribution >= 4 is 11.9 Å². The Morgan fingerprint density at radius 2 is 1.89 bits per heavy atom. The van der Waals surface area contributed by atoms with E-state index in [-0.39, 0.29) is 18.5 Å². The van der Waals surface area contributed by atoms with E-state index in [1.807, 2.05) is 6.07 Å². The first kappa shape index (κ1) is 13.7. The third kappa shape index (κ3) is 3.32. The lowest BCUT2D eigenvalue weighted by atomic mass is 10.1. The minimum absolute atomic E-state index is 0.204. The first-order chi connectivity index (χ1) is 8.45. The molecule has 0 aliphatic heterocycles. The number of nitriles is 1. The molecule has 0 radical (unpaired) electrons. The van der Waals surface area contributed by atoms with Crippen LogP contribution in [-0.4, -0.2) is 34.5 Å². The summed E-state index contributed by atoms with van der Waals surface area (Å²) in [4.78, 5) is 24.1. The van der Waals surface area contributed by atoms with Crippen LogP contribution in [0.4, 0.5) is 0 Å². The monoisotopic (exact) mass is 246 g/mol. The van der Waals surface area contributed by atoms with Crippen LogP contribution in [0.5, 0.6) is 0 Å². The second kappa shape index (κ2) is 5.82. The van der Waals surface area contributed by atoms with E-state index in [1.165, 1.54) is 29.2 Å². The highest BCUT2D eigenvalue weighted by Crippen LogP contribution is 2.09. The van der Waals surface area contributed by atoms with Crippen molar-refractivity contribution in [1.29, 1.82) is 5.26 Å². The predicted molar refractivity (Wildman–Crippen MR) is 65.0 cm³/mol. The summed E-state index contributed by atoms with van der Waals surface area (Å²) in [7, 11) is 0. The number of carbonyl (C=O) groups is 2. The van der Waals surface area contributed by atoms with Crippen LogP contribution in [0, 0.1) is 11.3 Å². The largest absolute Gasteiger partial charge is 0.480 e. The number of carbonyl (C=O) groups excluding carboxylic acids is 1. The SMILES string of the molecule is CC(C)N(CC(=O)O)C(=O)c1ccc(C#N)cc1. The number of hydrogen-bond donors (Lipinski definition) is 1. The van der Waals surface area contributed by atoms with Crippen LogP contribution >= 0.6 is 0 Å². The Kier molecular flexibility index (Phi) is 4.44. The van der Waals surface area contributed by atoms with E-state index < -0.39 is 5.97 Å². The molecule has 0 aliphatic rings. The smallest absolute Gasteiger partial charge is 0.323 e. The summed E-state index contributed by atoms with van der Waals surface area (Å²) in [6.07, 6.45) is 0. The van der Waals surface area contributed by atoms with Crippen molar-refractivity contribution in [1.82, 2.24) is 4.90 Å². The van der Waals surface area contributed by atoms with Crippen LogP contribution in [0.2, 0.25) is 0 Å². The molecule has 5 heteroatoms. The minimum Gasteiger partial charge on any atom is -0.480 e. The average molecular weight is 246 g/mol. The summed E-state index contributed by atoms with van der Waals surface area (Å²) in [5.41, 5.74) is 0.838. The van der Waals surface area contributed by atoms with Gasteiger partial charge in [-0.25, -0.2) is 0 Å². The molecule has 1 aromatic rings. The van der Waals surface area contributed by atoms with Gasteiger partial charge in [0.15, 0.2) is 0 Å². The molecule has 0 fully saturated rings. The lowest BCUT2D eigenvalue weighted by Gasteiger charge is -2.24. The molecule has 5 nitrogen and oxygen atoms in total. The Morgan fingerprint density at radius 3 is 2.28 bits per heavy atom. The van der Waals surface area contributed by atoms with Crippen molar-refractivity contribution < 1.29 is 14.7 Å². The van der Waals surface area contributed by atoms with Gasteiger partial charge in [0.25, 0.3) is 5.91 Å². The zero-order chi connectivity index (χ0) is 13.7. The molecule has 94 valence electrons. The van der Waals surface area contributed by atoms with Gasteiger partial charge in [0.1, 0.15) is 6.54 Å². The van der Waals surface area contributed by atoms with Gasteiger partial charge in [0.05, 0.1) is 11.6 Å². The number of nitrogens with zero attached hydrogens (tertiary/aromatic N) is 2. The van der Waals surface area contributed by atoms with Crippen LogP contribution in [0.25, 0.3) is 0 Å². The summed E-state index contributed by atoms with van der Waals surface area (Å²) < 4.78 is 0. The van der Waals surface area contributed by atoms with Gasteiger partial charge in [-0.2, -0.15) is 5.26 Å². The molecule has 1 amide bonds. The molecular formula is C13H14N2O3. The zero-order valence-electron chi connectivity index (χ0n) is 10.3. The number of carboxylic acids is 1. The number of hydrogen-bond acceptors (Lipinski definition) is 3. The third-order valence-corrected chi connectivity index (χ3v) is 2.45. The van der Waals surface area contributed by atoms with Gasteiger partial charge in [-0.15, -0.1) is 0 Å². The Hall–Kier alpha value is -2.35. The fourth-order valence-electron chi connectivity index (χ4n) is 1.49. The topological polar surface area (TPSA) is 81.4 Å². The molecule has 0 spiro atoms. The maximum Gasteiger partial charge on any atom is 0.323 e. The fraction of sp³-hybridized carbons (Fsp3) is 0.308. The molecule has 1 N–H and O–H groups in total. The normalized spacial score (nSPS) is 9.89. The highest BCUT2D eigenvalue weighted by Gasteiger charge is 2.21. The molecule has 0 saturated heterocycles. The summed E-state index contributed by atoms with van der Waals surface area (Å²) >= 11 is 0. The molecule has 0 unspecified atom stereocenters. The van der Waals surface area contributed by atoms with Gasteiger partial charge in [-0.1, -0.05) is 0 Å². The first-order valence-electron chi connectivity index (χ1n) is 5.48. The molecule has 0 aliphatic carbocycles. The summed E-state index contributed by atoms with van der Waals surface area (Å²) in [6.45, 7) is 3.17. The lowest BCUT2D eigenvalue weighted by molar-refractivity contribution is -0.138. The second-order valence-electron chi connectivity index (χ2n) is 4.11. The predicted octanol–water partition coefficient (Wildman–Crippen LogP) is 1.49. The molecule has 1 rings (SSSR count). The zero-order valence-corrected chi connectivity index (χ0v) is 10.3. The summed E-state index contributed by atoms with van der Waals surface area (Å²) in [6, 6.07) is 7.87. The van der Waals surface area contributed by atoms with Gasteiger partial charge >= 0.3 is 5.97 Å². The van der Waals surface area contributed by atoms with Gasteiger partial charge < -0.3 is 10.0 Å². The summed E-state index contributed by atoms with van der Waals surface area (Å²) in [5.74, 6) is -1.40. The van der Waals surface area contributed by atoms with Crippen molar-refractivity contribution in [2.24, 2.45) is 0 Å². The summed E-state index contributed by atoms with van der Waals surface area (Å²) in [5, 5.41) is 17.4. The minimum atomic E-state index is -1.05. The Balaban J connectivity index is 2.95. The lowest BCUT2D eigenvalue weighted by Crippen LogP contribution is -2.40. The van der Waals surface area contributed by atoms with Crippen LogP contribution < -0.4 is 0 Å². The standard InChI is InChI=1S/C13H14N2O3/c1-9(2)15(8-12(16)17)13(18)11-5-3-10(7-14)4-6-11/h3-6,9H,8H2,1-2H3,(H,16,17). The highest BCUT2D eigenvalue weighted by molar-refractivity contribution is 5.96. The first-order valence-corrected chi connectivity index (χ1v) is 5.48. The van der Waals surface area contributed by atoms with E-state index in [9.17, 15) is 9.59 Å². The van der Waals surface area contributed by atoms with E-state index in [1.54, 1.807) is 13.8 Å². The fourth-order valence-corrected chi connectivity index (χ4v) is 1.49. The van der Waals surface area contributed by atoms with E-state index in [2.05, 4.69) is 0 Å². The maximum absolute atomic E-state index is 12.1. The van der Waals surface area contributed by atoms with Crippen molar-refractivity contribution in [2.45, 2.75) is 19.9 Å². The number of benzene rings is 1. The van der Waals surface area contributed by atoms with Crippen molar-refractivity contribution in [3.05, 3.63) is 35.4 Å². The van der Waals surface area contributed by atoms with Crippen LogP contribution in [-0.2, 0) is 4.79 Å². The second-order valence-corrected chi connectivity index (χ2v) is 4.11. The molecule has 0 aromatic heterocycles. The average Bonchev–Trinajstić information content (AvgIpc) is 2.34. The number of amides is 1. The molecule has 18 heavy (non-hydrogen) atoms. The molecule has 0 saturated carbocycles. The van der Waals surface area contributed by atoms with Crippen LogP contribution in [0.15, 0.2) is 24.3 Å². The molecule has 1 aromatic carbocycles. The van der Waals surface area contributed by atoms with Gasteiger partial charge in [-0.3, -0.25) is 9.59 Å². The Labute approximate surface area is 105 Å². The van der Waals surface area contributed by atoms with Gasteiger partial charge in [-0.05, 0) is 38.1 Å². The van der Waals surface area contributed by atoms with Gasteiger partial charge in [0, 0.05) is 11.6 Å². The highest BCUT2D eigenvalue weighted by atomic mass is 16.4. The Bertz CT molecular complexity index is 486. The molecule has 0 bridgehead atoms. The number of aliphatic carboxylic acids is 1. The van der Waals surface area contributed by atoms with Gasteiger partial charge in [0.2, 0.25) is 0 Å². The van der Waals surface area contributed by atoms with Crippen LogP contribution in [0.1, 0.15) is 29.8 Å². The van der Waals surface area contributed by atoms with E-state index in [0.717, 1.165) is 0 Å². The molecule has 0 atom stereocenters. The molecule has 0 heterocycles. The quantitative estimate of drug-likeness (QED) is 0.872. The van der Waals surface area contributed by atoms with E-state index >= 15 is 0 Å². The van der Waals surface area contributed by atoms with Crippen molar-refractivity contribution in [3.63, 3.8) is 0 Å². The number of carboxylic acid groups (broad SMARTS) is 1. The Morgan fingerprint density at radius 1 is 1.33 bits per heavy atom. The molecular weight excluding hydrogens is 232 g/mol. The van der Waals surface area contributed by atoms with Crippen molar-refractivity contribution in [3.8, 4) is 6.07 Å². The van der Waals surface area contributed by atoms with E-state index in [4.69, 9.17) is 10.4 Å². The number of rotatable bonds is 4. The third-order valence-electron chi connectivity index (χ3n) is 2.45. The van der Waals surface area contributed by atoms with E-state index in [0.29, 0.717) is 11.1 Å².